The summed E-state index contributed by atoms with van der Waals surface area (Å²) in [6.45, 7) is 4.08. The predicted molar refractivity (Wildman–Crippen MR) is 136 cm³/mol. The summed E-state index contributed by atoms with van der Waals surface area (Å²) >= 11 is 7.61. The van der Waals surface area contributed by atoms with Gasteiger partial charge in [0.15, 0.2) is 5.13 Å². The normalized spacial score (nSPS) is 18.9. The number of amides is 1. The van der Waals surface area contributed by atoms with Crippen LogP contribution < -0.4 is 10.1 Å². The van der Waals surface area contributed by atoms with E-state index in [9.17, 15) is 13.2 Å². The number of carbonyl (C=O) groups excluding carboxylic acids is 1. The van der Waals surface area contributed by atoms with E-state index in [4.69, 9.17) is 21.1 Å². The van der Waals surface area contributed by atoms with Crippen LogP contribution in [-0.2, 0) is 21.2 Å². The zero-order chi connectivity index (χ0) is 25.2. The lowest BCUT2D eigenvalue weighted by Crippen LogP contribution is -2.48. The molecule has 2 aromatic carbocycles. The highest BCUT2D eigenvalue weighted by Gasteiger charge is 2.34. The van der Waals surface area contributed by atoms with Crippen LogP contribution in [0.1, 0.15) is 34.6 Å². The van der Waals surface area contributed by atoms with Crippen molar-refractivity contribution >= 4 is 44.0 Å². The molecule has 1 N–H and O–H groups in total. The summed E-state index contributed by atoms with van der Waals surface area (Å²) in [4.78, 5) is 18.0. The van der Waals surface area contributed by atoms with Crippen molar-refractivity contribution in [3.05, 3.63) is 69.7 Å². The first-order chi connectivity index (χ1) is 16.7. The van der Waals surface area contributed by atoms with Crippen LogP contribution in [0.2, 0.25) is 5.02 Å². The smallest absolute Gasteiger partial charge is 0.257 e. The van der Waals surface area contributed by atoms with Crippen LogP contribution in [0.3, 0.4) is 0 Å². The highest BCUT2D eigenvalue weighted by molar-refractivity contribution is 7.89. The molecule has 4 rings (SSSR count). The third kappa shape index (κ3) is 6.02. The van der Waals surface area contributed by atoms with Gasteiger partial charge >= 0.3 is 0 Å². The van der Waals surface area contributed by atoms with Gasteiger partial charge in [-0.3, -0.25) is 10.1 Å². The van der Waals surface area contributed by atoms with Crippen molar-refractivity contribution in [2.75, 3.05) is 25.5 Å². The molecule has 1 aliphatic rings. The molecule has 3 aromatic rings. The Labute approximate surface area is 213 Å². The molecule has 0 aliphatic carbocycles. The van der Waals surface area contributed by atoms with Crippen molar-refractivity contribution in [3.8, 4) is 5.75 Å². The molecule has 1 saturated heterocycles. The minimum Gasteiger partial charge on any atom is -0.497 e. The number of benzene rings is 2. The summed E-state index contributed by atoms with van der Waals surface area (Å²) < 4.78 is 38.7. The van der Waals surface area contributed by atoms with Crippen LogP contribution in [0.5, 0.6) is 5.75 Å². The standard InChI is InChI=1S/C24H26ClN3O5S2/c1-15-13-28(14-16(2)33-15)35(30,31)22-11-18(6-9-21(22)25)23(29)27-24-26-12-20(34-24)10-17-4-7-19(32-3)8-5-17/h4-9,11-12,15-16H,10,13-14H2,1-3H3,(H,26,27,29). The molecule has 35 heavy (non-hydrogen) atoms. The molecule has 11 heteroatoms. The summed E-state index contributed by atoms with van der Waals surface area (Å²) in [5, 5.41) is 3.24. The van der Waals surface area contributed by atoms with E-state index >= 15 is 0 Å². The van der Waals surface area contributed by atoms with Gasteiger partial charge in [-0.05, 0) is 49.7 Å². The summed E-state index contributed by atoms with van der Waals surface area (Å²) in [6.07, 6.45) is 1.90. The lowest BCUT2D eigenvalue weighted by molar-refractivity contribution is -0.0440. The Hall–Kier alpha value is -2.50. The van der Waals surface area contributed by atoms with E-state index in [1.807, 2.05) is 38.1 Å². The third-order valence-electron chi connectivity index (χ3n) is 5.51. The fraction of sp³-hybridized carbons (Fsp3) is 0.333. The Kier molecular flexibility index (Phi) is 7.77. The molecule has 0 spiro atoms. The van der Waals surface area contributed by atoms with Gasteiger partial charge in [0.25, 0.3) is 5.91 Å². The first-order valence-electron chi connectivity index (χ1n) is 11.0. The number of aromatic nitrogens is 1. The van der Waals surface area contributed by atoms with Crippen LogP contribution in [0.15, 0.2) is 53.6 Å². The molecule has 0 radical (unpaired) electrons. The highest BCUT2D eigenvalue weighted by atomic mass is 35.5. The molecule has 1 aromatic heterocycles. The number of sulfonamides is 1. The molecule has 1 aliphatic heterocycles. The molecule has 186 valence electrons. The second-order valence-corrected chi connectivity index (χ2v) is 11.8. The summed E-state index contributed by atoms with van der Waals surface area (Å²) in [5.74, 6) is 0.320. The van der Waals surface area contributed by atoms with Crippen LogP contribution in [0.25, 0.3) is 0 Å². The quantitative estimate of drug-likeness (QED) is 0.480. The van der Waals surface area contributed by atoms with Gasteiger partial charge < -0.3 is 9.47 Å². The van der Waals surface area contributed by atoms with E-state index < -0.39 is 15.9 Å². The minimum atomic E-state index is -3.90. The van der Waals surface area contributed by atoms with Crippen LogP contribution in [-0.4, -0.2) is 56.0 Å². The Morgan fingerprint density at radius 2 is 1.89 bits per heavy atom. The van der Waals surface area contributed by atoms with E-state index in [1.165, 1.54) is 33.8 Å². The second kappa shape index (κ2) is 10.6. The molecule has 2 unspecified atom stereocenters. The van der Waals surface area contributed by atoms with Crippen molar-refractivity contribution in [1.82, 2.24) is 9.29 Å². The number of thiazole rings is 1. The number of nitrogens with one attached hydrogen (secondary N) is 1. The van der Waals surface area contributed by atoms with E-state index in [1.54, 1.807) is 13.3 Å². The Morgan fingerprint density at radius 1 is 1.20 bits per heavy atom. The zero-order valence-electron chi connectivity index (χ0n) is 19.5. The van der Waals surface area contributed by atoms with Crippen molar-refractivity contribution < 1.29 is 22.7 Å². The van der Waals surface area contributed by atoms with Crippen LogP contribution >= 0.6 is 22.9 Å². The largest absolute Gasteiger partial charge is 0.497 e. The maximum absolute atomic E-state index is 13.3. The van der Waals surface area contributed by atoms with E-state index in [0.717, 1.165) is 16.2 Å². The minimum absolute atomic E-state index is 0.0596. The lowest BCUT2D eigenvalue weighted by Gasteiger charge is -2.34. The van der Waals surface area contributed by atoms with E-state index in [-0.39, 0.29) is 40.8 Å². The number of morpholine rings is 1. The van der Waals surface area contributed by atoms with Gasteiger partial charge in [-0.25, -0.2) is 13.4 Å². The maximum Gasteiger partial charge on any atom is 0.257 e. The lowest BCUT2D eigenvalue weighted by atomic mass is 10.1. The maximum atomic E-state index is 13.3. The molecule has 1 fully saturated rings. The number of anilines is 1. The number of methoxy groups -OCH3 is 1. The Bertz CT molecular complexity index is 1300. The van der Waals surface area contributed by atoms with Crippen molar-refractivity contribution in [3.63, 3.8) is 0 Å². The fourth-order valence-electron chi connectivity index (χ4n) is 3.87. The van der Waals surface area contributed by atoms with Crippen molar-refractivity contribution in [2.45, 2.75) is 37.4 Å². The van der Waals surface area contributed by atoms with Gasteiger partial charge in [0.1, 0.15) is 10.6 Å². The van der Waals surface area contributed by atoms with Gasteiger partial charge in [-0.1, -0.05) is 23.7 Å². The number of rotatable bonds is 7. The van der Waals surface area contributed by atoms with Crippen LogP contribution in [0, 0.1) is 0 Å². The number of halogens is 1. The first-order valence-corrected chi connectivity index (χ1v) is 13.6. The molecule has 2 atom stereocenters. The highest BCUT2D eigenvalue weighted by Crippen LogP contribution is 2.29. The van der Waals surface area contributed by atoms with Gasteiger partial charge in [-0.2, -0.15) is 4.31 Å². The predicted octanol–water partition coefficient (Wildman–Crippen LogP) is 4.45. The summed E-state index contributed by atoms with van der Waals surface area (Å²) in [6, 6.07) is 12.0. The van der Waals surface area contributed by atoms with Gasteiger partial charge in [-0.15, -0.1) is 11.3 Å². The number of ether oxygens (including phenoxy) is 2. The third-order valence-corrected chi connectivity index (χ3v) is 8.73. The van der Waals surface area contributed by atoms with Crippen LogP contribution in [0.4, 0.5) is 5.13 Å². The van der Waals surface area contributed by atoms with Crippen molar-refractivity contribution in [2.24, 2.45) is 0 Å². The van der Waals surface area contributed by atoms with Gasteiger partial charge in [0, 0.05) is 36.1 Å². The average molecular weight is 536 g/mol. The summed E-state index contributed by atoms with van der Waals surface area (Å²) in [5.41, 5.74) is 1.26. The number of hydrogen-bond acceptors (Lipinski definition) is 7. The molecule has 0 saturated carbocycles. The van der Waals surface area contributed by atoms with E-state index in [0.29, 0.717) is 11.6 Å². The molecule has 2 heterocycles. The van der Waals surface area contributed by atoms with Gasteiger partial charge in [0.05, 0.1) is 24.3 Å². The fourth-order valence-corrected chi connectivity index (χ4v) is 6.80. The zero-order valence-corrected chi connectivity index (χ0v) is 21.9. The monoisotopic (exact) mass is 535 g/mol. The Morgan fingerprint density at radius 3 is 2.54 bits per heavy atom. The average Bonchev–Trinajstić information content (AvgIpc) is 3.25. The molecular weight excluding hydrogens is 510 g/mol. The second-order valence-electron chi connectivity index (χ2n) is 8.34. The SMILES string of the molecule is COc1ccc(Cc2cnc(NC(=O)c3ccc(Cl)c(S(=O)(=O)N4CC(C)OC(C)C4)c3)s2)cc1. The number of nitrogens with zero attached hydrogens (tertiary/aromatic N) is 2. The summed E-state index contributed by atoms with van der Waals surface area (Å²) in [7, 11) is -2.28. The Balaban J connectivity index is 1.48. The molecule has 1 amide bonds. The topological polar surface area (TPSA) is 97.8 Å². The van der Waals surface area contributed by atoms with E-state index in [2.05, 4.69) is 10.3 Å². The number of carbonyl (C=O) groups is 1. The molecular formula is C24H26ClN3O5S2. The molecule has 8 nitrogen and oxygen atoms in total. The van der Waals surface area contributed by atoms with Gasteiger partial charge in [0.2, 0.25) is 10.0 Å². The first kappa shape index (κ1) is 25.6. The van der Waals surface area contributed by atoms with Crippen molar-refractivity contribution in [1.29, 1.82) is 0 Å². The number of hydrogen-bond donors (Lipinski definition) is 1. The molecule has 0 bridgehead atoms.